The summed E-state index contributed by atoms with van der Waals surface area (Å²) in [6, 6.07) is 0. The molecule has 0 atom stereocenters. The Morgan fingerprint density at radius 1 is 1.33 bits per heavy atom. The van der Waals surface area contributed by atoms with Gasteiger partial charge in [0.25, 0.3) is 5.56 Å². The van der Waals surface area contributed by atoms with E-state index in [1.807, 2.05) is 6.92 Å². The van der Waals surface area contributed by atoms with E-state index in [-0.39, 0.29) is 10.7 Å². The second-order valence-corrected chi connectivity index (χ2v) is 4.51. The topological polar surface area (TPSA) is 64.1 Å². The van der Waals surface area contributed by atoms with Gasteiger partial charge in [-0.1, -0.05) is 24.9 Å². The van der Waals surface area contributed by atoms with Gasteiger partial charge in [-0.05, 0) is 19.3 Å². The van der Waals surface area contributed by atoms with Gasteiger partial charge in [0, 0.05) is 20.3 Å². The van der Waals surface area contributed by atoms with Crippen LogP contribution in [-0.4, -0.2) is 23.3 Å². The molecule has 0 unspecified atom stereocenters. The molecule has 0 aromatic carbocycles. The van der Waals surface area contributed by atoms with E-state index in [1.54, 1.807) is 7.11 Å². The van der Waals surface area contributed by atoms with Gasteiger partial charge >= 0.3 is 5.69 Å². The number of nitrogens with zero attached hydrogens (tertiary/aromatic N) is 1. The molecule has 0 bridgehead atoms. The first kappa shape index (κ1) is 15.0. The van der Waals surface area contributed by atoms with Gasteiger partial charge in [0.2, 0.25) is 0 Å². The molecule has 0 fully saturated rings. The molecule has 0 aliphatic rings. The fourth-order valence-electron chi connectivity index (χ4n) is 1.77. The standard InChI is InChI=1S/C12H19ClN2O3/c1-3-6-9-10(13)14-12(17)15(11(9)16)7-4-5-8-18-2/h3-8H2,1-2H3,(H,14,17). The molecule has 0 saturated carbocycles. The molecule has 0 saturated heterocycles. The monoisotopic (exact) mass is 274 g/mol. The maximum Gasteiger partial charge on any atom is 0.329 e. The first-order chi connectivity index (χ1) is 8.61. The normalized spacial score (nSPS) is 10.8. The van der Waals surface area contributed by atoms with Crippen LogP contribution < -0.4 is 11.2 Å². The molecule has 0 aliphatic carbocycles. The van der Waals surface area contributed by atoms with Crippen LogP contribution in [0.3, 0.4) is 0 Å². The lowest BCUT2D eigenvalue weighted by Gasteiger charge is -2.08. The van der Waals surface area contributed by atoms with E-state index in [0.717, 1.165) is 19.3 Å². The molecule has 1 rings (SSSR count). The number of methoxy groups -OCH3 is 1. The largest absolute Gasteiger partial charge is 0.385 e. The number of aromatic amines is 1. The summed E-state index contributed by atoms with van der Waals surface area (Å²) in [6.45, 7) is 2.98. The van der Waals surface area contributed by atoms with Crippen LogP contribution in [-0.2, 0) is 17.7 Å². The van der Waals surface area contributed by atoms with Crippen molar-refractivity contribution in [1.82, 2.24) is 9.55 Å². The Balaban J connectivity index is 2.93. The number of H-pyrrole nitrogens is 1. The molecular weight excluding hydrogens is 256 g/mol. The molecule has 18 heavy (non-hydrogen) atoms. The minimum atomic E-state index is -0.442. The smallest absolute Gasteiger partial charge is 0.329 e. The predicted molar refractivity (Wildman–Crippen MR) is 71.4 cm³/mol. The summed E-state index contributed by atoms with van der Waals surface area (Å²) in [7, 11) is 1.63. The van der Waals surface area contributed by atoms with Crippen molar-refractivity contribution in [2.45, 2.75) is 39.2 Å². The van der Waals surface area contributed by atoms with E-state index in [0.29, 0.717) is 25.1 Å². The van der Waals surface area contributed by atoms with Gasteiger partial charge in [0.05, 0.1) is 5.56 Å². The molecule has 5 nitrogen and oxygen atoms in total. The number of unbranched alkanes of at least 4 members (excludes halogenated alkanes) is 1. The summed E-state index contributed by atoms with van der Waals surface area (Å²) in [4.78, 5) is 26.3. The Kier molecular flexibility index (Phi) is 6.15. The number of nitrogens with one attached hydrogen (secondary N) is 1. The molecule has 1 aromatic heterocycles. The highest BCUT2D eigenvalue weighted by atomic mass is 35.5. The zero-order valence-corrected chi connectivity index (χ0v) is 11.5. The van der Waals surface area contributed by atoms with Crippen molar-refractivity contribution in [1.29, 1.82) is 0 Å². The Bertz CT molecular complexity index is 493. The SMILES string of the molecule is CCCc1c(Cl)[nH]c(=O)n(CCCCOC)c1=O. The van der Waals surface area contributed by atoms with Gasteiger partial charge < -0.3 is 4.74 Å². The highest BCUT2D eigenvalue weighted by Crippen LogP contribution is 2.08. The zero-order valence-electron chi connectivity index (χ0n) is 10.8. The van der Waals surface area contributed by atoms with Crippen LogP contribution in [0.1, 0.15) is 31.7 Å². The number of aromatic nitrogens is 2. The molecule has 1 aromatic rings. The van der Waals surface area contributed by atoms with Crippen LogP contribution in [0.5, 0.6) is 0 Å². The first-order valence-corrected chi connectivity index (χ1v) is 6.50. The van der Waals surface area contributed by atoms with E-state index in [4.69, 9.17) is 16.3 Å². The van der Waals surface area contributed by atoms with Crippen LogP contribution in [0.25, 0.3) is 0 Å². The van der Waals surface area contributed by atoms with Gasteiger partial charge in [-0.25, -0.2) is 4.79 Å². The third kappa shape index (κ3) is 3.71. The lowest BCUT2D eigenvalue weighted by Crippen LogP contribution is -2.37. The van der Waals surface area contributed by atoms with Crippen molar-refractivity contribution in [2.24, 2.45) is 0 Å². The van der Waals surface area contributed by atoms with Gasteiger partial charge in [-0.2, -0.15) is 0 Å². The quantitative estimate of drug-likeness (QED) is 0.606. The van der Waals surface area contributed by atoms with Crippen LogP contribution >= 0.6 is 11.6 Å². The van der Waals surface area contributed by atoms with Crippen molar-refractivity contribution in [3.63, 3.8) is 0 Å². The molecular formula is C12H19ClN2O3. The van der Waals surface area contributed by atoms with Crippen molar-refractivity contribution in [2.75, 3.05) is 13.7 Å². The Hall–Kier alpha value is -1.07. The molecule has 1 heterocycles. The Labute approximate surface area is 111 Å². The van der Waals surface area contributed by atoms with Crippen LogP contribution in [0.2, 0.25) is 5.15 Å². The fourth-order valence-corrected chi connectivity index (χ4v) is 2.03. The maximum atomic E-state index is 12.1. The maximum absolute atomic E-state index is 12.1. The molecule has 0 radical (unpaired) electrons. The second-order valence-electron chi connectivity index (χ2n) is 4.13. The number of hydrogen-bond acceptors (Lipinski definition) is 3. The zero-order chi connectivity index (χ0) is 13.5. The first-order valence-electron chi connectivity index (χ1n) is 6.12. The van der Waals surface area contributed by atoms with Crippen LogP contribution in [0, 0.1) is 0 Å². The molecule has 102 valence electrons. The van der Waals surface area contributed by atoms with E-state index in [1.165, 1.54) is 4.57 Å². The molecule has 0 spiro atoms. The number of halogens is 1. The van der Waals surface area contributed by atoms with Gasteiger partial charge in [0.15, 0.2) is 0 Å². The summed E-state index contributed by atoms with van der Waals surface area (Å²) in [5.74, 6) is 0. The average molecular weight is 275 g/mol. The van der Waals surface area contributed by atoms with E-state index < -0.39 is 5.69 Å². The summed E-state index contributed by atoms with van der Waals surface area (Å²) < 4.78 is 6.14. The van der Waals surface area contributed by atoms with Gasteiger partial charge in [0.1, 0.15) is 5.15 Å². The van der Waals surface area contributed by atoms with E-state index in [9.17, 15) is 9.59 Å². The second kappa shape index (κ2) is 7.38. The van der Waals surface area contributed by atoms with Gasteiger partial charge in [-0.15, -0.1) is 0 Å². The highest BCUT2D eigenvalue weighted by Gasteiger charge is 2.11. The van der Waals surface area contributed by atoms with Crippen molar-refractivity contribution < 1.29 is 4.74 Å². The van der Waals surface area contributed by atoms with Crippen molar-refractivity contribution in [3.8, 4) is 0 Å². The minimum Gasteiger partial charge on any atom is -0.385 e. The molecule has 0 aliphatic heterocycles. The van der Waals surface area contributed by atoms with E-state index >= 15 is 0 Å². The molecule has 1 N–H and O–H groups in total. The van der Waals surface area contributed by atoms with Crippen LogP contribution in [0.15, 0.2) is 9.59 Å². The summed E-state index contributed by atoms with van der Waals surface area (Å²) in [5.41, 5.74) is -0.226. The summed E-state index contributed by atoms with van der Waals surface area (Å²) in [5, 5.41) is 0.167. The number of ether oxygens (including phenoxy) is 1. The lowest BCUT2D eigenvalue weighted by atomic mass is 10.2. The minimum absolute atomic E-state index is 0.167. The Morgan fingerprint density at radius 3 is 2.67 bits per heavy atom. The average Bonchev–Trinajstić information content (AvgIpc) is 2.33. The van der Waals surface area contributed by atoms with Gasteiger partial charge in [-0.3, -0.25) is 14.3 Å². The van der Waals surface area contributed by atoms with Crippen LogP contribution in [0.4, 0.5) is 0 Å². The summed E-state index contributed by atoms with van der Waals surface area (Å²) in [6.07, 6.45) is 2.93. The highest BCUT2D eigenvalue weighted by molar-refractivity contribution is 6.30. The Morgan fingerprint density at radius 2 is 2.06 bits per heavy atom. The third-order valence-electron chi connectivity index (χ3n) is 2.71. The predicted octanol–water partition coefficient (Wildman–Crippen LogP) is 1.57. The fraction of sp³-hybridized carbons (Fsp3) is 0.667. The molecule has 0 amide bonds. The van der Waals surface area contributed by atoms with Crippen molar-refractivity contribution in [3.05, 3.63) is 31.6 Å². The van der Waals surface area contributed by atoms with E-state index in [2.05, 4.69) is 4.98 Å². The lowest BCUT2D eigenvalue weighted by molar-refractivity contribution is 0.191. The third-order valence-corrected chi connectivity index (χ3v) is 3.03. The number of hydrogen-bond donors (Lipinski definition) is 1. The summed E-state index contributed by atoms with van der Waals surface area (Å²) >= 11 is 5.88. The molecule has 6 heteroatoms. The number of rotatable bonds is 7. The van der Waals surface area contributed by atoms with Crippen molar-refractivity contribution >= 4 is 11.6 Å².